The second-order valence-electron chi connectivity index (χ2n) is 5.98. The van der Waals surface area contributed by atoms with Gasteiger partial charge in [0.25, 0.3) is 5.91 Å². The van der Waals surface area contributed by atoms with Gasteiger partial charge in [0, 0.05) is 12.1 Å². The average Bonchev–Trinajstić information content (AvgIpc) is 2.93. The van der Waals surface area contributed by atoms with E-state index in [0.717, 1.165) is 11.3 Å². The summed E-state index contributed by atoms with van der Waals surface area (Å²) < 4.78 is 0. The molecule has 1 amide bonds. The maximum atomic E-state index is 11.7. The summed E-state index contributed by atoms with van der Waals surface area (Å²) in [6.45, 7) is 2.18. The Labute approximate surface area is 169 Å². The van der Waals surface area contributed by atoms with Crippen molar-refractivity contribution < 1.29 is 9.90 Å². The van der Waals surface area contributed by atoms with Crippen molar-refractivity contribution in [1.29, 1.82) is 0 Å². The molecule has 142 valence electrons. The molecule has 0 aliphatic carbocycles. The van der Waals surface area contributed by atoms with E-state index < -0.39 is 12.0 Å². The van der Waals surface area contributed by atoms with E-state index in [-0.39, 0.29) is 10.6 Å². The zero-order chi connectivity index (χ0) is 19.7. The van der Waals surface area contributed by atoms with E-state index in [1.54, 1.807) is 25.1 Å². The van der Waals surface area contributed by atoms with Crippen molar-refractivity contribution in [1.82, 2.24) is 9.97 Å². The number of carbonyl (C=O) groups is 1. The van der Waals surface area contributed by atoms with E-state index in [2.05, 4.69) is 15.3 Å². The van der Waals surface area contributed by atoms with Gasteiger partial charge in [-0.2, -0.15) is 0 Å². The van der Waals surface area contributed by atoms with E-state index in [9.17, 15) is 9.90 Å². The molecule has 0 bridgehead atoms. The van der Waals surface area contributed by atoms with Gasteiger partial charge < -0.3 is 21.9 Å². The van der Waals surface area contributed by atoms with Gasteiger partial charge in [0.2, 0.25) is 5.95 Å². The third kappa shape index (κ3) is 4.08. The van der Waals surface area contributed by atoms with Gasteiger partial charge in [-0.1, -0.05) is 29.3 Å². The van der Waals surface area contributed by atoms with Gasteiger partial charge in [-0.25, -0.2) is 9.97 Å². The highest BCUT2D eigenvalue weighted by Gasteiger charge is 2.21. The molecule has 3 aromatic rings. The number of carbonyl (C=O) groups excluding carboxylic acids is 1. The Kier molecular flexibility index (Phi) is 5.71. The minimum atomic E-state index is -0.626. The molecule has 27 heavy (non-hydrogen) atoms. The number of hydrogen-bond donors (Lipinski definition) is 4. The smallest absolute Gasteiger partial charge is 0.260 e. The normalized spacial score (nSPS) is 12.3. The fourth-order valence-electron chi connectivity index (χ4n) is 2.53. The van der Waals surface area contributed by atoms with E-state index in [4.69, 9.17) is 34.7 Å². The predicted molar refractivity (Wildman–Crippen MR) is 111 cm³/mol. The van der Waals surface area contributed by atoms with Gasteiger partial charge in [0.1, 0.15) is 9.71 Å². The Morgan fingerprint density at radius 3 is 2.70 bits per heavy atom. The summed E-state index contributed by atoms with van der Waals surface area (Å²) in [5.74, 6) is -0.277. The minimum absolute atomic E-state index is 0.224. The molecule has 1 unspecified atom stereocenters. The first-order valence-corrected chi connectivity index (χ1v) is 9.62. The molecular formula is C17H17Cl2N5O2S. The SMILES string of the molecule is CC(O)CCNc1nc(-c2ccc(Cl)c(Cl)c2)c2c(N)c(C(N)=O)sc2n1. The number of anilines is 2. The first-order chi connectivity index (χ1) is 12.8. The maximum absolute atomic E-state index is 11.7. The van der Waals surface area contributed by atoms with Crippen LogP contribution in [-0.4, -0.2) is 33.6 Å². The molecule has 0 saturated heterocycles. The summed E-state index contributed by atoms with van der Waals surface area (Å²) in [7, 11) is 0. The lowest BCUT2D eigenvalue weighted by Crippen LogP contribution is -2.12. The summed E-state index contributed by atoms with van der Waals surface area (Å²) in [6.07, 6.45) is 0.0809. The van der Waals surface area contributed by atoms with Crippen LogP contribution in [0.4, 0.5) is 11.6 Å². The van der Waals surface area contributed by atoms with E-state index >= 15 is 0 Å². The van der Waals surface area contributed by atoms with Gasteiger partial charge in [-0.3, -0.25) is 4.79 Å². The number of nitrogens with zero attached hydrogens (tertiary/aromatic N) is 2. The van der Waals surface area contributed by atoms with E-state index in [1.807, 2.05) is 0 Å². The number of nitrogens with one attached hydrogen (secondary N) is 1. The topological polar surface area (TPSA) is 127 Å². The molecule has 10 heteroatoms. The summed E-state index contributed by atoms with van der Waals surface area (Å²) in [4.78, 5) is 21.4. The molecule has 0 fully saturated rings. The number of nitrogen functional groups attached to an aromatic ring is 1. The molecule has 1 aromatic carbocycles. The maximum Gasteiger partial charge on any atom is 0.260 e. The molecule has 0 saturated carbocycles. The van der Waals surface area contributed by atoms with Crippen molar-refractivity contribution in [3.63, 3.8) is 0 Å². The number of aliphatic hydroxyl groups is 1. The first-order valence-electron chi connectivity index (χ1n) is 8.05. The number of nitrogens with two attached hydrogens (primary N) is 2. The van der Waals surface area contributed by atoms with Crippen LogP contribution >= 0.6 is 34.5 Å². The quantitative estimate of drug-likeness (QED) is 0.478. The number of benzene rings is 1. The second-order valence-corrected chi connectivity index (χ2v) is 7.79. The van der Waals surface area contributed by atoms with Crippen molar-refractivity contribution >= 4 is 62.3 Å². The molecule has 0 spiro atoms. The highest BCUT2D eigenvalue weighted by molar-refractivity contribution is 7.21. The molecule has 0 aliphatic heterocycles. The zero-order valence-corrected chi connectivity index (χ0v) is 16.6. The van der Waals surface area contributed by atoms with Crippen LogP contribution in [0.2, 0.25) is 10.0 Å². The molecular weight excluding hydrogens is 409 g/mol. The lowest BCUT2D eigenvalue weighted by Gasteiger charge is -2.10. The van der Waals surface area contributed by atoms with Crippen LogP contribution in [0.1, 0.15) is 23.0 Å². The molecule has 3 rings (SSSR count). The number of aliphatic hydroxyl groups excluding tert-OH is 1. The molecule has 1 atom stereocenters. The molecule has 2 aromatic heterocycles. The largest absolute Gasteiger partial charge is 0.397 e. The van der Waals surface area contributed by atoms with Crippen molar-refractivity contribution in [3.8, 4) is 11.3 Å². The van der Waals surface area contributed by atoms with Crippen LogP contribution in [-0.2, 0) is 0 Å². The number of aromatic nitrogens is 2. The molecule has 0 aliphatic rings. The van der Waals surface area contributed by atoms with Gasteiger partial charge in [-0.05, 0) is 25.5 Å². The van der Waals surface area contributed by atoms with Crippen molar-refractivity contribution in [3.05, 3.63) is 33.1 Å². The number of fused-ring (bicyclic) bond motifs is 1. The predicted octanol–water partition coefficient (Wildman–Crippen LogP) is 3.53. The number of halogens is 2. The molecule has 6 N–H and O–H groups in total. The number of primary amides is 1. The monoisotopic (exact) mass is 425 g/mol. The number of hydrogen-bond acceptors (Lipinski definition) is 7. The Hall–Kier alpha value is -2.13. The van der Waals surface area contributed by atoms with Crippen LogP contribution in [0.5, 0.6) is 0 Å². The van der Waals surface area contributed by atoms with Crippen molar-refractivity contribution in [2.75, 3.05) is 17.6 Å². The Bertz CT molecular complexity index is 1020. The summed E-state index contributed by atoms with van der Waals surface area (Å²) >= 11 is 13.3. The van der Waals surface area contributed by atoms with E-state index in [1.165, 1.54) is 0 Å². The first kappa shape index (κ1) is 19.6. The number of rotatable bonds is 6. The fraction of sp³-hybridized carbons (Fsp3) is 0.235. The summed E-state index contributed by atoms with van der Waals surface area (Å²) in [6, 6.07) is 5.09. The summed E-state index contributed by atoms with van der Waals surface area (Å²) in [5.41, 5.74) is 13.0. The van der Waals surface area contributed by atoms with Crippen LogP contribution in [0.25, 0.3) is 21.5 Å². The lowest BCUT2D eigenvalue weighted by atomic mass is 10.1. The standard InChI is InChI=1S/C17H17Cl2N5O2S/c1-7(25)4-5-22-17-23-13(8-2-3-9(18)10(19)6-8)11-12(20)14(15(21)26)27-16(11)24-17/h2-3,6-7,25H,4-5,20H2,1H3,(H2,21,26)(H,22,23,24). The Balaban J connectivity index is 2.17. The van der Waals surface area contributed by atoms with Gasteiger partial charge in [0.15, 0.2) is 0 Å². The molecule has 7 nitrogen and oxygen atoms in total. The molecule has 0 radical (unpaired) electrons. The van der Waals surface area contributed by atoms with Gasteiger partial charge >= 0.3 is 0 Å². The minimum Gasteiger partial charge on any atom is -0.397 e. The molecule has 2 heterocycles. The summed E-state index contributed by atoms with van der Waals surface area (Å²) in [5, 5.41) is 13.8. The number of amides is 1. The van der Waals surface area contributed by atoms with Crippen molar-refractivity contribution in [2.24, 2.45) is 5.73 Å². The highest BCUT2D eigenvalue weighted by atomic mass is 35.5. The average molecular weight is 426 g/mol. The second kappa shape index (κ2) is 7.85. The van der Waals surface area contributed by atoms with Gasteiger partial charge in [-0.15, -0.1) is 11.3 Å². The third-order valence-corrected chi connectivity index (χ3v) is 5.70. The van der Waals surface area contributed by atoms with E-state index in [0.29, 0.717) is 50.4 Å². The Morgan fingerprint density at radius 2 is 2.07 bits per heavy atom. The third-order valence-electron chi connectivity index (χ3n) is 3.85. The van der Waals surface area contributed by atoms with Gasteiger partial charge in [0.05, 0.1) is 32.9 Å². The fourth-order valence-corrected chi connectivity index (χ4v) is 3.77. The van der Waals surface area contributed by atoms with Crippen LogP contribution < -0.4 is 16.8 Å². The zero-order valence-electron chi connectivity index (χ0n) is 14.3. The van der Waals surface area contributed by atoms with Crippen LogP contribution in [0, 0.1) is 0 Å². The number of thiophene rings is 1. The lowest BCUT2D eigenvalue weighted by molar-refractivity contribution is 0.100. The highest BCUT2D eigenvalue weighted by Crippen LogP contribution is 2.40. The van der Waals surface area contributed by atoms with Crippen molar-refractivity contribution in [2.45, 2.75) is 19.4 Å². The van der Waals surface area contributed by atoms with Crippen LogP contribution in [0.15, 0.2) is 18.2 Å². The van der Waals surface area contributed by atoms with Crippen LogP contribution in [0.3, 0.4) is 0 Å². The Morgan fingerprint density at radius 1 is 1.33 bits per heavy atom.